The number of carbonyl (C=O) groups is 2. The Morgan fingerprint density at radius 1 is 1.27 bits per heavy atom. The van der Waals surface area contributed by atoms with E-state index in [0.717, 1.165) is 0 Å². The predicted molar refractivity (Wildman–Crippen MR) is 41.8 cm³/mol. The highest BCUT2D eigenvalue weighted by Gasteiger charge is 2.24. The second kappa shape index (κ2) is 5.12. The number of aliphatic carboxylic acids is 2. The van der Waals surface area contributed by atoms with Gasteiger partial charge in [0.1, 0.15) is 0 Å². The summed E-state index contributed by atoms with van der Waals surface area (Å²) in [6.45, 7) is 0. The summed E-state index contributed by atoms with van der Waals surface area (Å²) >= 11 is 3.09. The molecule has 0 fully saturated rings. The van der Waals surface area contributed by atoms with Crippen LogP contribution in [0.5, 0.6) is 0 Å². The molecule has 0 radical (unpaired) electrons. The summed E-state index contributed by atoms with van der Waals surface area (Å²) in [7, 11) is 0. The Balaban J connectivity index is 3.90. The van der Waals surface area contributed by atoms with E-state index < -0.39 is 17.9 Å². The number of rotatable bonds is 5. The van der Waals surface area contributed by atoms with Crippen LogP contribution in [0, 0.1) is 5.92 Å². The third-order valence-corrected chi connectivity index (χ3v) is 1.78. The smallest absolute Gasteiger partial charge is 0.317 e. The van der Waals surface area contributed by atoms with Gasteiger partial charge in [0, 0.05) is 5.33 Å². The van der Waals surface area contributed by atoms with Crippen molar-refractivity contribution >= 4 is 27.9 Å². The van der Waals surface area contributed by atoms with Crippen LogP contribution in [0.1, 0.15) is 12.8 Å². The topological polar surface area (TPSA) is 74.6 Å². The standard InChI is InChI=1S/C6H9BrO4/c7-3-1-2-4(5(8)9)6(10)11/h4H,1-3H2,(H,8,9)(H,10,11). The van der Waals surface area contributed by atoms with Crippen LogP contribution >= 0.6 is 15.9 Å². The Kier molecular flexibility index (Phi) is 4.85. The minimum absolute atomic E-state index is 0.177. The first kappa shape index (κ1) is 10.4. The maximum atomic E-state index is 10.3. The lowest BCUT2D eigenvalue weighted by molar-refractivity contribution is -0.154. The third kappa shape index (κ3) is 3.98. The van der Waals surface area contributed by atoms with Crippen molar-refractivity contribution in [1.29, 1.82) is 0 Å². The van der Waals surface area contributed by atoms with Gasteiger partial charge in [-0.05, 0) is 12.8 Å². The van der Waals surface area contributed by atoms with Crippen molar-refractivity contribution in [2.75, 3.05) is 5.33 Å². The molecule has 5 heteroatoms. The largest absolute Gasteiger partial charge is 0.481 e. The van der Waals surface area contributed by atoms with Crippen molar-refractivity contribution in [3.05, 3.63) is 0 Å². The fourth-order valence-corrected chi connectivity index (χ4v) is 0.958. The average Bonchev–Trinajstić information content (AvgIpc) is 1.87. The summed E-state index contributed by atoms with van der Waals surface area (Å²) in [5.41, 5.74) is 0. The number of carboxylic acid groups (broad SMARTS) is 2. The first-order valence-electron chi connectivity index (χ1n) is 3.11. The molecule has 64 valence electrons. The van der Waals surface area contributed by atoms with E-state index in [1.165, 1.54) is 0 Å². The molecular weight excluding hydrogens is 216 g/mol. The highest BCUT2D eigenvalue weighted by molar-refractivity contribution is 9.09. The first-order chi connectivity index (χ1) is 5.09. The number of alkyl halides is 1. The molecule has 0 atom stereocenters. The Labute approximate surface area is 72.3 Å². The van der Waals surface area contributed by atoms with Gasteiger partial charge in [-0.15, -0.1) is 0 Å². The van der Waals surface area contributed by atoms with Crippen LogP contribution in [0.3, 0.4) is 0 Å². The molecule has 0 aromatic heterocycles. The van der Waals surface area contributed by atoms with Crippen LogP contribution in [0.2, 0.25) is 0 Å². The molecule has 0 amide bonds. The van der Waals surface area contributed by atoms with Crippen molar-refractivity contribution in [1.82, 2.24) is 0 Å². The van der Waals surface area contributed by atoms with E-state index in [2.05, 4.69) is 15.9 Å². The van der Waals surface area contributed by atoms with E-state index >= 15 is 0 Å². The number of hydrogen-bond acceptors (Lipinski definition) is 2. The van der Waals surface area contributed by atoms with Crippen LogP contribution in [0.15, 0.2) is 0 Å². The number of carboxylic acids is 2. The van der Waals surface area contributed by atoms with E-state index in [0.29, 0.717) is 11.8 Å². The van der Waals surface area contributed by atoms with Crippen LogP contribution in [-0.4, -0.2) is 27.5 Å². The summed E-state index contributed by atoms with van der Waals surface area (Å²) in [5.74, 6) is -3.79. The van der Waals surface area contributed by atoms with Gasteiger partial charge in [-0.2, -0.15) is 0 Å². The van der Waals surface area contributed by atoms with Gasteiger partial charge in [-0.25, -0.2) is 0 Å². The van der Waals surface area contributed by atoms with E-state index in [9.17, 15) is 9.59 Å². The molecule has 0 aliphatic heterocycles. The lowest BCUT2D eigenvalue weighted by Gasteiger charge is -2.04. The molecule has 0 aliphatic carbocycles. The predicted octanol–water partition coefficient (Wildman–Crippen LogP) is 0.947. The zero-order valence-electron chi connectivity index (χ0n) is 5.79. The minimum atomic E-state index is -1.27. The Bertz CT molecular complexity index is 143. The van der Waals surface area contributed by atoms with Crippen molar-refractivity contribution in [3.8, 4) is 0 Å². The molecule has 4 nitrogen and oxygen atoms in total. The van der Waals surface area contributed by atoms with Gasteiger partial charge in [-0.1, -0.05) is 15.9 Å². The SMILES string of the molecule is O=C(O)C(CCCBr)C(=O)O. The zero-order chi connectivity index (χ0) is 8.85. The summed E-state index contributed by atoms with van der Waals surface area (Å²) in [6, 6.07) is 0. The van der Waals surface area contributed by atoms with E-state index in [1.54, 1.807) is 0 Å². The Morgan fingerprint density at radius 3 is 2.00 bits per heavy atom. The first-order valence-corrected chi connectivity index (χ1v) is 4.23. The molecule has 0 saturated carbocycles. The summed E-state index contributed by atoms with van der Waals surface area (Å²) < 4.78 is 0. The summed E-state index contributed by atoms with van der Waals surface area (Å²) in [4.78, 5) is 20.5. The molecule has 2 N–H and O–H groups in total. The highest BCUT2D eigenvalue weighted by atomic mass is 79.9. The van der Waals surface area contributed by atoms with Gasteiger partial charge in [0.05, 0.1) is 0 Å². The third-order valence-electron chi connectivity index (χ3n) is 1.22. The lowest BCUT2D eigenvalue weighted by Crippen LogP contribution is -2.23. The number of halogens is 1. The van der Waals surface area contributed by atoms with Gasteiger partial charge in [0.2, 0.25) is 0 Å². The maximum absolute atomic E-state index is 10.3. The average molecular weight is 225 g/mol. The molecule has 0 aliphatic rings. The van der Waals surface area contributed by atoms with E-state index in [4.69, 9.17) is 10.2 Å². The highest BCUT2D eigenvalue weighted by Crippen LogP contribution is 2.08. The van der Waals surface area contributed by atoms with E-state index in [-0.39, 0.29) is 6.42 Å². The van der Waals surface area contributed by atoms with Crippen LogP contribution in [0.4, 0.5) is 0 Å². The van der Waals surface area contributed by atoms with Crippen LogP contribution in [-0.2, 0) is 9.59 Å². The number of hydrogen-bond donors (Lipinski definition) is 2. The maximum Gasteiger partial charge on any atom is 0.317 e. The van der Waals surface area contributed by atoms with Gasteiger partial charge in [0.25, 0.3) is 0 Å². The van der Waals surface area contributed by atoms with Gasteiger partial charge < -0.3 is 10.2 Å². The normalized spacial score (nSPS) is 10.0. The van der Waals surface area contributed by atoms with Crippen molar-refractivity contribution in [3.63, 3.8) is 0 Å². The molecule has 11 heavy (non-hydrogen) atoms. The van der Waals surface area contributed by atoms with Gasteiger partial charge in [0.15, 0.2) is 5.92 Å². The lowest BCUT2D eigenvalue weighted by atomic mass is 10.1. The minimum Gasteiger partial charge on any atom is -0.481 e. The second-order valence-corrected chi connectivity index (χ2v) is 2.85. The fraction of sp³-hybridized carbons (Fsp3) is 0.667. The Hall–Kier alpha value is -0.580. The molecule has 0 bridgehead atoms. The molecule has 0 spiro atoms. The van der Waals surface area contributed by atoms with E-state index in [1.807, 2.05) is 0 Å². The molecule has 0 aromatic rings. The van der Waals surface area contributed by atoms with Gasteiger partial charge in [-0.3, -0.25) is 9.59 Å². The molecule has 0 unspecified atom stereocenters. The zero-order valence-corrected chi connectivity index (χ0v) is 7.37. The molecule has 0 rings (SSSR count). The second-order valence-electron chi connectivity index (χ2n) is 2.06. The van der Waals surface area contributed by atoms with Crippen molar-refractivity contribution in [2.45, 2.75) is 12.8 Å². The van der Waals surface area contributed by atoms with Crippen molar-refractivity contribution < 1.29 is 19.8 Å². The van der Waals surface area contributed by atoms with Crippen LogP contribution < -0.4 is 0 Å². The quantitative estimate of drug-likeness (QED) is 0.539. The molecular formula is C6H9BrO4. The monoisotopic (exact) mass is 224 g/mol. The molecule has 0 saturated heterocycles. The molecule has 0 aromatic carbocycles. The van der Waals surface area contributed by atoms with Crippen LogP contribution in [0.25, 0.3) is 0 Å². The summed E-state index contributed by atoms with van der Waals surface area (Å²) in [6.07, 6.45) is 0.735. The fourth-order valence-electron chi connectivity index (χ4n) is 0.634. The summed E-state index contributed by atoms with van der Waals surface area (Å²) in [5, 5.41) is 17.4. The Morgan fingerprint density at radius 2 is 1.73 bits per heavy atom. The molecule has 0 heterocycles. The van der Waals surface area contributed by atoms with Crippen molar-refractivity contribution in [2.24, 2.45) is 5.92 Å². The van der Waals surface area contributed by atoms with Gasteiger partial charge >= 0.3 is 11.9 Å².